The molecule has 0 spiro atoms. The zero-order chi connectivity index (χ0) is 14.6. The van der Waals surface area contributed by atoms with E-state index >= 15 is 0 Å². The molecule has 0 aromatic heterocycles. The lowest BCUT2D eigenvalue weighted by Crippen LogP contribution is -2.37. The monoisotopic (exact) mass is 281 g/mol. The van der Waals surface area contributed by atoms with Crippen molar-refractivity contribution in [1.82, 2.24) is 0 Å². The highest BCUT2D eigenvalue weighted by atomic mass is 16.3. The fraction of sp³-hybridized carbons (Fsp3) is 0.500. The molecule has 3 nitrogen and oxygen atoms in total. The molecular weight excluding hydrogens is 262 g/mol. The van der Waals surface area contributed by atoms with Crippen LogP contribution in [0, 0.1) is 16.2 Å². The molecule has 3 heteroatoms. The van der Waals surface area contributed by atoms with Gasteiger partial charge in [-0.2, -0.15) is 0 Å². The van der Waals surface area contributed by atoms with E-state index in [2.05, 4.69) is 24.2 Å². The number of Topliss-reactive ketones (excluding diaryl/α,β-unsaturated/α-hetero) is 1. The third-order valence-corrected chi connectivity index (χ3v) is 5.99. The van der Waals surface area contributed by atoms with Crippen molar-refractivity contribution >= 4 is 11.5 Å². The maximum Gasteiger partial charge on any atom is 0.139 e. The van der Waals surface area contributed by atoms with Gasteiger partial charge in [0.2, 0.25) is 0 Å². The van der Waals surface area contributed by atoms with Crippen molar-refractivity contribution in [1.29, 1.82) is 0 Å². The first kappa shape index (κ1) is 12.9. The molecular formula is C18H19NO2. The Bertz CT molecular complexity index is 676. The second kappa shape index (κ2) is 4.36. The summed E-state index contributed by atoms with van der Waals surface area (Å²) in [5, 5.41) is 3.04. The maximum absolute atomic E-state index is 12.3. The van der Waals surface area contributed by atoms with Crippen LogP contribution in [0.2, 0.25) is 0 Å². The highest BCUT2D eigenvalue weighted by Gasteiger charge is 2.52. The molecule has 0 amide bonds. The molecule has 0 saturated heterocycles. The van der Waals surface area contributed by atoms with Crippen LogP contribution in [0.25, 0.3) is 0 Å². The van der Waals surface area contributed by atoms with Gasteiger partial charge in [-0.05, 0) is 60.0 Å². The first-order valence-corrected chi connectivity index (χ1v) is 7.83. The van der Waals surface area contributed by atoms with Crippen molar-refractivity contribution in [3.63, 3.8) is 0 Å². The van der Waals surface area contributed by atoms with Gasteiger partial charge in [0.25, 0.3) is 0 Å². The zero-order valence-corrected chi connectivity index (χ0v) is 12.3. The Hall–Kier alpha value is -1.77. The SMILES string of the molecule is CC12CCC3C(=CCc4cc(N=O)ccc43)C1CCC2=O. The molecule has 1 aromatic rings. The summed E-state index contributed by atoms with van der Waals surface area (Å²) >= 11 is 0. The van der Waals surface area contributed by atoms with Gasteiger partial charge >= 0.3 is 0 Å². The molecule has 21 heavy (non-hydrogen) atoms. The van der Waals surface area contributed by atoms with Crippen LogP contribution in [0.3, 0.4) is 0 Å². The number of nitroso groups, excluding NO2 is 1. The number of nitrogens with zero attached hydrogens (tertiary/aromatic N) is 1. The van der Waals surface area contributed by atoms with Crippen molar-refractivity contribution in [3.8, 4) is 0 Å². The third-order valence-electron chi connectivity index (χ3n) is 5.99. The second-order valence-corrected chi connectivity index (χ2v) is 6.91. The molecule has 2 fully saturated rings. The number of carbonyl (C=O) groups is 1. The minimum Gasteiger partial charge on any atom is -0.299 e. The van der Waals surface area contributed by atoms with E-state index in [4.69, 9.17) is 0 Å². The number of carbonyl (C=O) groups excluding carboxylic acids is 1. The lowest BCUT2D eigenvalue weighted by molar-refractivity contribution is -0.126. The van der Waals surface area contributed by atoms with Gasteiger partial charge in [0, 0.05) is 17.8 Å². The van der Waals surface area contributed by atoms with Crippen LogP contribution >= 0.6 is 0 Å². The zero-order valence-electron chi connectivity index (χ0n) is 12.3. The van der Waals surface area contributed by atoms with E-state index in [0.717, 1.165) is 32.1 Å². The Morgan fingerprint density at radius 3 is 2.95 bits per heavy atom. The summed E-state index contributed by atoms with van der Waals surface area (Å²) in [6, 6.07) is 5.81. The van der Waals surface area contributed by atoms with Gasteiger partial charge in [0.15, 0.2) is 0 Å². The molecule has 3 unspecified atom stereocenters. The molecule has 0 aliphatic heterocycles. The Kier molecular flexibility index (Phi) is 2.69. The molecule has 0 N–H and O–H groups in total. The largest absolute Gasteiger partial charge is 0.299 e. The third kappa shape index (κ3) is 1.69. The van der Waals surface area contributed by atoms with E-state index in [1.807, 2.05) is 12.1 Å². The molecule has 0 bridgehead atoms. The minimum absolute atomic E-state index is 0.121. The van der Waals surface area contributed by atoms with Crippen LogP contribution in [0.5, 0.6) is 0 Å². The summed E-state index contributed by atoms with van der Waals surface area (Å²) in [4.78, 5) is 23.0. The summed E-state index contributed by atoms with van der Waals surface area (Å²) in [5.41, 5.74) is 4.45. The highest BCUT2D eigenvalue weighted by Crippen LogP contribution is 2.57. The fourth-order valence-corrected chi connectivity index (χ4v) is 4.79. The predicted octanol–water partition coefficient (Wildman–Crippen LogP) is 4.43. The lowest BCUT2D eigenvalue weighted by atomic mass is 9.60. The topological polar surface area (TPSA) is 46.5 Å². The van der Waals surface area contributed by atoms with Gasteiger partial charge in [-0.25, -0.2) is 0 Å². The molecule has 2 saturated carbocycles. The van der Waals surface area contributed by atoms with E-state index in [1.54, 1.807) is 0 Å². The van der Waals surface area contributed by atoms with E-state index in [9.17, 15) is 9.70 Å². The van der Waals surface area contributed by atoms with Crippen LogP contribution in [-0.2, 0) is 11.2 Å². The predicted molar refractivity (Wildman–Crippen MR) is 81.5 cm³/mol. The van der Waals surface area contributed by atoms with Gasteiger partial charge in [-0.15, -0.1) is 4.91 Å². The normalized spacial score (nSPS) is 33.8. The van der Waals surface area contributed by atoms with E-state index in [0.29, 0.717) is 23.3 Å². The number of hydrogen-bond acceptors (Lipinski definition) is 3. The van der Waals surface area contributed by atoms with Crippen LogP contribution in [0.4, 0.5) is 5.69 Å². The second-order valence-electron chi connectivity index (χ2n) is 6.91. The van der Waals surface area contributed by atoms with E-state index < -0.39 is 0 Å². The Morgan fingerprint density at radius 1 is 1.29 bits per heavy atom. The van der Waals surface area contributed by atoms with Crippen LogP contribution in [0.1, 0.15) is 49.7 Å². The lowest BCUT2D eigenvalue weighted by Gasteiger charge is -2.43. The molecule has 3 aliphatic rings. The molecule has 3 atom stereocenters. The summed E-state index contributed by atoms with van der Waals surface area (Å²) in [6.07, 6.45) is 6.98. The van der Waals surface area contributed by atoms with Crippen molar-refractivity contribution in [2.45, 2.75) is 44.9 Å². The summed E-state index contributed by atoms with van der Waals surface area (Å²) in [7, 11) is 0. The first-order chi connectivity index (χ1) is 10.1. The van der Waals surface area contributed by atoms with E-state index in [-0.39, 0.29) is 5.41 Å². The first-order valence-electron chi connectivity index (χ1n) is 7.83. The Balaban J connectivity index is 1.76. The molecule has 0 heterocycles. The van der Waals surface area contributed by atoms with Gasteiger partial charge in [0.1, 0.15) is 11.5 Å². The maximum atomic E-state index is 12.3. The Labute approximate surface area is 124 Å². The van der Waals surface area contributed by atoms with Crippen LogP contribution in [0.15, 0.2) is 35.0 Å². The number of benzene rings is 1. The number of ketones is 1. The van der Waals surface area contributed by atoms with Gasteiger partial charge in [0.05, 0.1) is 0 Å². The van der Waals surface area contributed by atoms with Crippen LogP contribution in [-0.4, -0.2) is 5.78 Å². The van der Waals surface area contributed by atoms with Crippen molar-refractivity contribution in [3.05, 3.63) is 45.9 Å². The smallest absolute Gasteiger partial charge is 0.139 e. The quantitative estimate of drug-likeness (QED) is 0.564. The molecule has 1 aromatic carbocycles. The fourth-order valence-electron chi connectivity index (χ4n) is 4.79. The number of rotatable bonds is 1. The highest BCUT2D eigenvalue weighted by molar-refractivity contribution is 5.88. The van der Waals surface area contributed by atoms with Crippen LogP contribution < -0.4 is 0 Å². The molecule has 0 radical (unpaired) electrons. The summed E-state index contributed by atoms with van der Waals surface area (Å²) < 4.78 is 0. The van der Waals surface area contributed by atoms with Crippen molar-refractivity contribution < 1.29 is 4.79 Å². The average molecular weight is 281 g/mol. The van der Waals surface area contributed by atoms with Gasteiger partial charge in [-0.1, -0.05) is 24.6 Å². The number of fused-ring (bicyclic) bond motifs is 5. The Morgan fingerprint density at radius 2 is 2.14 bits per heavy atom. The van der Waals surface area contributed by atoms with Gasteiger partial charge < -0.3 is 0 Å². The van der Waals surface area contributed by atoms with Crippen molar-refractivity contribution in [2.24, 2.45) is 16.5 Å². The van der Waals surface area contributed by atoms with Gasteiger partial charge in [-0.3, -0.25) is 4.79 Å². The summed E-state index contributed by atoms with van der Waals surface area (Å²) in [6.45, 7) is 2.17. The number of allylic oxidation sites excluding steroid dienone is 2. The molecule has 108 valence electrons. The standard InChI is InChI=1S/C18H19NO2/c1-18-9-8-14-13-5-3-12(19-21)10-11(13)2-4-15(14)16(18)6-7-17(18)20/h3-5,10,14,16H,2,6-9H2,1H3. The minimum atomic E-state index is -0.121. The average Bonchev–Trinajstić information content (AvgIpc) is 2.82. The number of hydrogen-bond donors (Lipinski definition) is 0. The molecule has 4 rings (SSSR count). The molecule has 3 aliphatic carbocycles. The van der Waals surface area contributed by atoms with Crippen molar-refractivity contribution in [2.75, 3.05) is 0 Å². The summed E-state index contributed by atoms with van der Waals surface area (Å²) in [5.74, 6) is 1.33. The van der Waals surface area contributed by atoms with E-state index in [1.165, 1.54) is 16.7 Å².